The molecule has 3 nitrogen and oxygen atoms in total. The molecule has 2 atom stereocenters. The number of carboxylic acids is 1. The van der Waals surface area contributed by atoms with Crippen LogP contribution < -0.4 is 5.32 Å². The van der Waals surface area contributed by atoms with Crippen LogP contribution in [0, 0.1) is 17.3 Å². The molecule has 0 aromatic heterocycles. The molecule has 2 fully saturated rings. The Bertz CT molecular complexity index is 213. The van der Waals surface area contributed by atoms with Gasteiger partial charge in [0.15, 0.2) is 0 Å². The number of hydrogen-bond acceptors (Lipinski definition) is 2. The largest absolute Gasteiger partial charge is 0.481 e. The van der Waals surface area contributed by atoms with Crippen LogP contribution in [0.4, 0.5) is 0 Å². The van der Waals surface area contributed by atoms with Crippen LogP contribution in [-0.4, -0.2) is 24.2 Å². The zero-order chi connectivity index (χ0) is 8.77. The van der Waals surface area contributed by atoms with E-state index in [4.69, 9.17) is 5.11 Å². The summed E-state index contributed by atoms with van der Waals surface area (Å²) >= 11 is 0. The van der Waals surface area contributed by atoms with Crippen LogP contribution in [0.25, 0.3) is 0 Å². The van der Waals surface area contributed by atoms with Crippen molar-refractivity contribution in [1.82, 2.24) is 5.32 Å². The molecule has 0 bridgehead atoms. The summed E-state index contributed by atoms with van der Waals surface area (Å²) in [5, 5.41) is 12.2. The first-order valence-corrected chi connectivity index (χ1v) is 4.58. The quantitative estimate of drug-likeness (QED) is 0.640. The number of hydrogen-bond donors (Lipinski definition) is 2. The third-order valence-corrected chi connectivity index (χ3v) is 3.46. The summed E-state index contributed by atoms with van der Waals surface area (Å²) in [7, 11) is 0. The van der Waals surface area contributed by atoms with Crippen LogP contribution in [0.5, 0.6) is 0 Å². The molecule has 0 amide bonds. The highest BCUT2D eigenvalue weighted by Crippen LogP contribution is 2.51. The van der Waals surface area contributed by atoms with Crippen molar-refractivity contribution >= 4 is 5.97 Å². The highest BCUT2D eigenvalue weighted by molar-refractivity contribution is 5.72. The van der Waals surface area contributed by atoms with Gasteiger partial charge in [-0.05, 0) is 24.2 Å². The summed E-state index contributed by atoms with van der Waals surface area (Å²) in [6.07, 6.45) is 2.45. The molecular formula is C9H15NO2. The second kappa shape index (κ2) is 2.46. The van der Waals surface area contributed by atoms with E-state index in [0.717, 1.165) is 6.54 Å². The van der Waals surface area contributed by atoms with Crippen LogP contribution >= 0.6 is 0 Å². The van der Waals surface area contributed by atoms with Crippen molar-refractivity contribution in [3.05, 3.63) is 0 Å². The second-order valence-electron chi connectivity index (χ2n) is 4.30. The second-order valence-corrected chi connectivity index (χ2v) is 4.30. The lowest BCUT2D eigenvalue weighted by molar-refractivity contribution is -0.144. The van der Waals surface area contributed by atoms with Gasteiger partial charge in [-0.1, -0.05) is 6.92 Å². The van der Waals surface area contributed by atoms with Gasteiger partial charge < -0.3 is 10.4 Å². The van der Waals surface area contributed by atoms with Crippen molar-refractivity contribution in [2.75, 3.05) is 13.1 Å². The van der Waals surface area contributed by atoms with Crippen molar-refractivity contribution in [2.24, 2.45) is 17.3 Å². The van der Waals surface area contributed by atoms with Crippen molar-refractivity contribution in [3.63, 3.8) is 0 Å². The fourth-order valence-electron chi connectivity index (χ4n) is 2.38. The zero-order valence-electron chi connectivity index (χ0n) is 7.34. The number of nitrogens with one attached hydrogen (secondary N) is 1. The van der Waals surface area contributed by atoms with Gasteiger partial charge in [-0.3, -0.25) is 4.79 Å². The van der Waals surface area contributed by atoms with Gasteiger partial charge >= 0.3 is 5.97 Å². The van der Waals surface area contributed by atoms with Gasteiger partial charge in [0.2, 0.25) is 0 Å². The van der Waals surface area contributed by atoms with Crippen molar-refractivity contribution in [3.8, 4) is 0 Å². The summed E-state index contributed by atoms with van der Waals surface area (Å²) in [5.41, 5.74) is 0.0336. The maximum absolute atomic E-state index is 10.9. The Kier molecular flexibility index (Phi) is 1.65. The van der Waals surface area contributed by atoms with E-state index in [1.54, 1.807) is 0 Å². The van der Waals surface area contributed by atoms with Gasteiger partial charge in [-0.15, -0.1) is 0 Å². The number of aliphatic carboxylic acids is 1. The molecular weight excluding hydrogens is 154 g/mol. The SMILES string of the molecule is CC1(C2CC2)CNCC1C(=O)O. The molecule has 2 aliphatic rings. The molecule has 1 heterocycles. The highest BCUT2D eigenvalue weighted by Gasteiger charge is 2.52. The van der Waals surface area contributed by atoms with Gasteiger partial charge in [0.05, 0.1) is 5.92 Å². The molecule has 0 aromatic rings. The van der Waals surface area contributed by atoms with Gasteiger partial charge in [0, 0.05) is 13.1 Å². The fraction of sp³-hybridized carbons (Fsp3) is 0.889. The summed E-state index contributed by atoms with van der Waals surface area (Å²) < 4.78 is 0. The van der Waals surface area contributed by atoms with Gasteiger partial charge in [0.1, 0.15) is 0 Å². The molecule has 2 unspecified atom stereocenters. The van der Waals surface area contributed by atoms with E-state index in [1.807, 2.05) is 0 Å². The minimum atomic E-state index is -0.630. The molecule has 0 aromatic carbocycles. The van der Waals surface area contributed by atoms with Crippen molar-refractivity contribution in [1.29, 1.82) is 0 Å². The first kappa shape index (κ1) is 8.05. The molecule has 1 aliphatic carbocycles. The van der Waals surface area contributed by atoms with E-state index in [-0.39, 0.29) is 11.3 Å². The standard InChI is InChI=1S/C9H15NO2/c1-9(6-2-3-6)5-10-4-7(9)8(11)12/h6-7,10H,2-5H2,1H3,(H,11,12). The summed E-state index contributed by atoms with van der Waals surface area (Å²) in [5.74, 6) is -0.131. The average molecular weight is 169 g/mol. The van der Waals surface area contributed by atoms with Crippen LogP contribution in [0.2, 0.25) is 0 Å². The lowest BCUT2D eigenvalue weighted by atomic mass is 9.76. The van der Waals surface area contributed by atoms with Gasteiger partial charge in [-0.25, -0.2) is 0 Å². The smallest absolute Gasteiger partial charge is 0.308 e. The minimum absolute atomic E-state index is 0.0336. The van der Waals surface area contributed by atoms with E-state index in [2.05, 4.69) is 12.2 Å². The average Bonchev–Trinajstić information content (AvgIpc) is 2.76. The fourth-order valence-corrected chi connectivity index (χ4v) is 2.38. The first-order valence-electron chi connectivity index (χ1n) is 4.58. The predicted octanol–water partition coefficient (Wildman–Crippen LogP) is 0.707. The lowest BCUT2D eigenvalue weighted by Gasteiger charge is -2.27. The molecule has 1 saturated carbocycles. The van der Waals surface area contributed by atoms with Crippen LogP contribution in [0.1, 0.15) is 19.8 Å². The lowest BCUT2D eigenvalue weighted by Crippen LogP contribution is -2.34. The molecule has 1 aliphatic heterocycles. The molecule has 0 spiro atoms. The predicted molar refractivity (Wildman–Crippen MR) is 44.8 cm³/mol. The molecule has 12 heavy (non-hydrogen) atoms. The van der Waals surface area contributed by atoms with Crippen LogP contribution in [0.15, 0.2) is 0 Å². The van der Waals surface area contributed by atoms with Crippen molar-refractivity contribution in [2.45, 2.75) is 19.8 Å². The molecule has 3 heteroatoms. The Balaban J connectivity index is 2.16. The molecule has 2 rings (SSSR count). The molecule has 1 saturated heterocycles. The van der Waals surface area contributed by atoms with E-state index in [1.165, 1.54) is 12.8 Å². The summed E-state index contributed by atoms with van der Waals surface area (Å²) in [4.78, 5) is 10.9. The monoisotopic (exact) mass is 169 g/mol. The summed E-state index contributed by atoms with van der Waals surface area (Å²) in [6, 6.07) is 0. The number of carbonyl (C=O) groups is 1. The van der Waals surface area contributed by atoms with E-state index < -0.39 is 5.97 Å². The molecule has 0 radical (unpaired) electrons. The van der Waals surface area contributed by atoms with Crippen LogP contribution in [0.3, 0.4) is 0 Å². The van der Waals surface area contributed by atoms with Crippen LogP contribution in [-0.2, 0) is 4.79 Å². The third kappa shape index (κ3) is 1.04. The number of carboxylic acid groups (broad SMARTS) is 1. The Morgan fingerprint density at radius 2 is 2.25 bits per heavy atom. The van der Waals surface area contributed by atoms with E-state index in [9.17, 15) is 4.79 Å². The Morgan fingerprint density at radius 3 is 2.75 bits per heavy atom. The maximum Gasteiger partial charge on any atom is 0.308 e. The minimum Gasteiger partial charge on any atom is -0.481 e. The first-order chi connectivity index (χ1) is 5.64. The van der Waals surface area contributed by atoms with Gasteiger partial charge in [-0.2, -0.15) is 0 Å². The van der Waals surface area contributed by atoms with Gasteiger partial charge in [0.25, 0.3) is 0 Å². The van der Waals surface area contributed by atoms with E-state index in [0.29, 0.717) is 12.5 Å². The van der Waals surface area contributed by atoms with E-state index >= 15 is 0 Å². The Morgan fingerprint density at radius 1 is 1.58 bits per heavy atom. The zero-order valence-corrected chi connectivity index (χ0v) is 7.34. The normalized spacial score (nSPS) is 41.6. The number of rotatable bonds is 2. The third-order valence-electron chi connectivity index (χ3n) is 3.46. The van der Waals surface area contributed by atoms with Crippen molar-refractivity contribution < 1.29 is 9.90 Å². The summed E-state index contributed by atoms with van der Waals surface area (Å²) in [6.45, 7) is 3.65. The maximum atomic E-state index is 10.9. The Hall–Kier alpha value is -0.570. The molecule has 2 N–H and O–H groups in total. The Labute approximate surface area is 72.2 Å². The topological polar surface area (TPSA) is 49.3 Å². The molecule has 68 valence electrons. The highest BCUT2D eigenvalue weighted by atomic mass is 16.4.